The highest BCUT2D eigenvalue weighted by molar-refractivity contribution is 5.93. The lowest BCUT2D eigenvalue weighted by Crippen LogP contribution is -2.22. The van der Waals surface area contributed by atoms with E-state index in [1.807, 2.05) is 7.05 Å². The van der Waals surface area contributed by atoms with Gasteiger partial charge in [0.15, 0.2) is 5.82 Å². The molecule has 0 spiro atoms. The first-order valence-corrected chi connectivity index (χ1v) is 8.07. The largest absolute Gasteiger partial charge is 0.478 e. The van der Waals surface area contributed by atoms with E-state index in [0.29, 0.717) is 28.6 Å². The molecule has 1 aliphatic carbocycles. The van der Waals surface area contributed by atoms with Crippen LogP contribution in [0.1, 0.15) is 23.2 Å². The van der Waals surface area contributed by atoms with Crippen LogP contribution in [0.5, 0.6) is 0 Å². The lowest BCUT2D eigenvalue weighted by atomic mass is 10.1. The Hall–Kier alpha value is -3.02. The van der Waals surface area contributed by atoms with Crippen molar-refractivity contribution in [2.75, 3.05) is 11.9 Å². The Kier molecular flexibility index (Phi) is 3.60. The van der Waals surface area contributed by atoms with Crippen LogP contribution >= 0.6 is 0 Å². The van der Waals surface area contributed by atoms with Gasteiger partial charge in [-0.25, -0.2) is 19.2 Å². The molecule has 1 fully saturated rings. The highest BCUT2D eigenvalue weighted by Gasteiger charge is 2.29. The van der Waals surface area contributed by atoms with Crippen molar-refractivity contribution in [3.63, 3.8) is 0 Å². The normalized spacial score (nSPS) is 13.8. The number of hydrogen-bond acceptors (Lipinski definition) is 4. The van der Waals surface area contributed by atoms with Gasteiger partial charge >= 0.3 is 5.97 Å². The van der Waals surface area contributed by atoms with E-state index in [1.165, 1.54) is 24.3 Å². The number of benzene rings is 2. The smallest absolute Gasteiger partial charge is 0.335 e. The van der Waals surface area contributed by atoms with Crippen molar-refractivity contribution in [2.24, 2.45) is 0 Å². The molecular weight excluding hydrogens is 321 g/mol. The molecule has 0 saturated heterocycles. The van der Waals surface area contributed by atoms with E-state index >= 15 is 0 Å². The maximum Gasteiger partial charge on any atom is 0.335 e. The zero-order valence-corrected chi connectivity index (χ0v) is 13.6. The maximum atomic E-state index is 13.3. The average Bonchev–Trinajstić information content (AvgIpc) is 3.45. The second kappa shape index (κ2) is 5.81. The standard InChI is InChI=1S/C19H16FN3O2/c1-23(14-7-8-14)18-17(11-2-5-13(20)6-3-11)21-15-9-4-12(19(24)25)10-16(15)22-18/h2-6,9-10,14H,7-8H2,1H3,(H,24,25). The third kappa shape index (κ3) is 2.91. The molecule has 1 saturated carbocycles. The Morgan fingerprint density at radius 1 is 1.12 bits per heavy atom. The molecule has 0 radical (unpaired) electrons. The number of hydrogen-bond donors (Lipinski definition) is 1. The molecule has 1 heterocycles. The van der Waals surface area contributed by atoms with Gasteiger partial charge in [-0.3, -0.25) is 0 Å². The zero-order valence-electron chi connectivity index (χ0n) is 13.6. The fourth-order valence-electron chi connectivity index (χ4n) is 2.86. The van der Waals surface area contributed by atoms with Gasteiger partial charge in [0.2, 0.25) is 0 Å². The summed E-state index contributed by atoms with van der Waals surface area (Å²) in [5.41, 5.74) is 2.77. The first-order valence-electron chi connectivity index (χ1n) is 8.07. The molecule has 0 amide bonds. The molecule has 0 atom stereocenters. The van der Waals surface area contributed by atoms with Crippen molar-refractivity contribution in [3.8, 4) is 11.3 Å². The first-order chi connectivity index (χ1) is 12.0. The minimum Gasteiger partial charge on any atom is -0.478 e. The number of carbonyl (C=O) groups is 1. The van der Waals surface area contributed by atoms with Gasteiger partial charge < -0.3 is 10.0 Å². The summed E-state index contributed by atoms with van der Waals surface area (Å²) in [6.45, 7) is 0. The number of aromatic carboxylic acids is 1. The molecule has 0 bridgehead atoms. The Bertz CT molecular complexity index is 968. The zero-order chi connectivity index (χ0) is 17.6. The van der Waals surface area contributed by atoms with Crippen molar-refractivity contribution in [1.82, 2.24) is 9.97 Å². The molecular formula is C19H16FN3O2. The number of aromatic nitrogens is 2. The van der Waals surface area contributed by atoms with Crippen LogP contribution in [0.2, 0.25) is 0 Å². The van der Waals surface area contributed by atoms with E-state index in [9.17, 15) is 14.3 Å². The van der Waals surface area contributed by atoms with Crippen molar-refractivity contribution in [1.29, 1.82) is 0 Å². The third-order valence-corrected chi connectivity index (χ3v) is 4.44. The maximum absolute atomic E-state index is 13.3. The van der Waals surface area contributed by atoms with E-state index in [1.54, 1.807) is 18.2 Å². The molecule has 6 heteroatoms. The monoisotopic (exact) mass is 337 g/mol. The van der Waals surface area contributed by atoms with E-state index in [0.717, 1.165) is 18.4 Å². The van der Waals surface area contributed by atoms with E-state index < -0.39 is 5.97 Å². The van der Waals surface area contributed by atoms with Crippen molar-refractivity contribution >= 4 is 22.8 Å². The van der Waals surface area contributed by atoms with Crippen LogP contribution in [0.25, 0.3) is 22.3 Å². The van der Waals surface area contributed by atoms with E-state index in [4.69, 9.17) is 0 Å². The molecule has 3 aromatic rings. The predicted molar refractivity (Wildman–Crippen MR) is 93.3 cm³/mol. The van der Waals surface area contributed by atoms with Crippen LogP contribution in [0.4, 0.5) is 10.2 Å². The summed E-state index contributed by atoms with van der Waals surface area (Å²) in [4.78, 5) is 22.6. The van der Waals surface area contributed by atoms with E-state index in [2.05, 4.69) is 14.9 Å². The number of carboxylic acid groups (broad SMARTS) is 1. The van der Waals surface area contributed by atoms with Gasteiger partial charge in [-0.05, 0) is 55.3 Å². The lowest BCUT2D eigenvalue weighted by Gasteiger charge is -2.21. The van der Waals surface area contributed by atoms with Gasteiger partial charge in [-0.1, -0.05) is 0 Å². The SMILES string of the molecule is CN(c1nc2cc(C(=O)O)ccc2nc1-c1ccc(F)cc1)C1CC1. The molecule has 4 rings (SSSR count). The van der Waals surface area contributed by atoms with Gasteiger partial charge in [0.05, 0.1) is 16.6 Å². The summed E-state index contributed by atoms with van der Waals surface area (Å²) >= 11 is 0. The predicted octanol–water partition coefficient (Wildman–Crippen LogP) is 3.73. The summed E-state index contributed by atoms with van der Waals surface area (Å²) in [5.74, 6) is -0.617. The molecule has 2 aromatic carbocycles. The second-order valence-electron chi connectivity index (χ2n) is 6.25. The number of fused-ring (bicyclic) bond motifs is 1. The first kappa shape index (κ1) is 15.5. The Labute approximate surface area is 143 Å². The quantitative estimate of drug-likeness (QED) is 0.786. The highest BCUT2D eigenvalue weighted by Crippen LogP contribution is 2.35. The lowest BCUT2D eigenvalue weighted by molar-refractivity contribution is 0.0697. The Morgan fingerprint density at radius 3 is 2.48 bits per heavy atom. The van der Waals surface area contributed by atoms with Gasteiger partial charge in [0, 0.05) is 18.7 Å². The van der Waals surface area contributed by atoms with Crippen LogP contribution in [-0.4, -0.2) is 34.1 Å². The van der Waals surface area contributed by atoms with E-state index in [-0.39, 0.29) is 11.4 Å². The summed E-state index contributed by atoms with van der Waals surface area (Å²) in [6, 6.07) is 11.3. The van der Waals surface area contributed by atoms with Gasteiger partial charge in [-0.2, -0.15) is 0 Å². The van der Waals surface area contributed by atoms with Crippen LogP contribution in [0.15, 0.2) is 42.5 Å². The summed E-state index contributed by atoms with van der Waals surface area (Å²) in [5, 5.41) is 9.19. The highest BCUT2D eigenvalue weighted by atomic mass is 19.1. The Morgan fingerprint density at radius 2 is 1.84 bits per heavy atom. The van der Waals surface area contributed by atoms with Gasteiger partial charge in [0.25, 0.3) is 0 Å². The molecule has 1 N–H and O–H groups in total. The fraction of sp³-hybridized carbons (Fsp3) is 0.211. The number of halogens is 1. The average molecular weight is 337 g/mol. The molecule has 25 heavy (non-hydrogen) atoms. The van der Waals surface area contributed by atoms with Gasteiger partial charge in [-0.15, -0.1) is 0 Å². The molecule has 0 aliphatic heterocycles. The summed E-state index contributed by atoms with van der Waals surface area (Å²) in [7, 11) is 1.96. The molecule has 0 unspecified atom stereocenters. The number of anilines is 1. The van der Waals surface area contributed by atoms with Crippen LogP contribution in [0.3, 0.4) is 0 Å². The summed E-state index contributed by atoms with van der Waals surface area (Å²) < 4.78 is 13.3. The molecule has 1 aromatic heterocycles. The Balaban J connectivity index is 1.92. The third-order valence-electron chi connectivity index (χ3n) is 4.44. The number of rotatable bonds is 4. The van der Waals surface area contributed by atoms with Crippen molar-refractivity contribution in [2.45, 2.75) is 18.9 Å². The van der Waals surface area contributed by atoms with Crippen LogP contribution < -0.4 is 4.90 Å². The topological polar surface area (TPSA) is 66.3 Å². The van der Waals surface area contributed by atoms with Gasteiger partial charge in [0.1, 0.15) is 11.5 Å². The van der Waals surface area contributed by atoms with Crippen molar-refractivity contribution in [3.05, 3.63) is 53.8 Å². The fourth-order valence-corrected chi connectivity index (χ4v) is 2.86. The van der Waals surface area contributed by atoms with Crippen LogP contribution in [-0.2, 0) is 0 Å². The second-order valence-corrected chi connectivity index (χ2v) is 6.25. The minimum absolute atomic E-state index is 0.177. The minimum atomic E-state index is -0.997. The molecule has 5 nitrogen and oxygen atoms in total. The van der Waals surface area contributed by atoms with Crippen molar-refractivity contribution < 1.29 is 14.3 Å². The van der Waals surface area contributed by atoms with Crippen LogP contribution in [0, 0.1) is 5.82 Å². The molecule has 1 aliphatic rings. The number of nitrogens with zero attached hydrogens (tertiary/aromatic N) is 3. The number of carboxylic acids is 1. The molecule has 126 valence electrons. The summed E-state index contributed by atoms with van der Waals surface area (Å²) in [6.07, 6.45) is 2.18.